The standard InChI is InChI=1S/C21H30O3/c1-6-19-7-9-20(10-8-19)24-21(15-22-13-11-17(2)3)16-23-14-12-18(4)5/h6-12,21H,1,13-16H2,2-5H3. The minimum absolute atomic E-state index is 0.143. The Morgan fingerprint density at radius 1 is 0.917 bits per heavy atom. The van der Waals surface area contributed by atoms with Crippen LogP contribution in [0.4, 0.5) is 0 Å². The highest BCUT2D eigenvalue weighted by Gasteiger charge is 2.11. The van der Waals surface area contributed by atoms with Crippen molar-refractivity contribution in [1.82, 2.24) is 0 Å². The lowest BCUT2D eigenvalue weighted by Crippen LogP contribution is -2.29. The zero-order valence-corrected chi connectivity index (χ0v) is 15.4. The van der Waals surface area contributed by atoms with Crippen molar-refractivity contribution in [3.8, 4) is 5.75 Å². The van der Waals surface area contributed by atoms with Crippen LogP contribution in [0.5, 0.6) is 5.75 Å². The van der Waals surface area contributed by atoms with Crippen LogP contribution in [-0.4, -0.2) is 32.5 Å². The van der Waals surface area contributed by atoms with Gasteiger partial charge < -0.3 is 14.2 Å². The molecule has 1 rings (SSSR count). The maximum absolute atomic E-state index is 6.00. The van der Waals surface area contributed by atoms with E-state index in [1.54, 1.807) is 0 Å². The fraction of sp³-hybridized carbons (Fsp3) is 0.429. The number of hydrogen-bond donors (Lipinski definition) is 0. The highest BCUT2D eigenvalue weighted by molar-refractivity contribution is 5.48. The zero-order chi connectivity index (χ0) is 17.8. The highest BCUT2D eigenvalue weighted by atomic mass is 16.6. The maximum atomic E-state index is 6.00. The van der Waals surface area contributed by atoms with Crippen molar-refractivity contribution in [2.24, 2.45) is 0 Å². The Morgan fingerprint density at radius 2 is 1.42 bits per heavy atom. The van der Waals surface area contributed by atoms with Gasteiger partial charge in [-0.15, -0.1) is 0 Å². The second-order valence-corrected chi connectivity index (χ2v) is 6.15. The highest BCUT2D eigenvalue weighted by Crippen LogP contribution is 2.15. The number of hydrogen-bond acceptors (Lipinski definition) is 3. The van der Waals surface area contributed by atoms with Gasteiger partial charge in [0.1, 0.15) is 11.9 Å². The van der Waals surface area contributed by atoms with E-state index < -0.39 is 0 Å². The molecule has 1 aromatic rings. The van der Waals surface area contributed by atoms with E-state index in [9.17, 15) is 0 Å². The van der Waals surface area contributed by atoms with E-state index in [-0.39, 0.29) is 6.10 Å². The third kappa shape index (κ3) is 9.33. The van der Waals surface area contributed by atoms with Gasteiger partial charge in [0.05, 0.1) is 26.4 Å². The molecule has 0 aliphatic heterocycles. The molecular weight excluding hydrogens is 300 g/mol. The fourth-order valence-corrected chi connectivity index (χ4v) is 1.84. The summed E-state index contributed by atoms with van der Waals surface area (Å²) in [6, 6.07) is 7.84. The summed E-state index contributed by atoms with van der Waals surface area (Å²) in [4.78, 5) is 0. The fourth-order valence-electron chi connectivity index (χ4n) is 1.84. The third-order valence-electron chi connectivity index (χ3n) is 3.24. The van der Waals surface area contributed by atoms with E-state index in [1.165, 1.54) is 11.1 Å². The molecule has 0 amide bonds. The smallest absolute Gasteiger partial charge is 0.145 e. The van der Waals surface area contributed by atoms with Gasteiger partial charge in [-0.25, -0.2) is 0 Å². The van der Waals surface area contributed by atoms with Crippen molar-refractivity contribution in [1.29, 1.82) is 0 Å². The third-order valence-corrected chi connectivity index (χ3v) is 3.24. The summed E-state index contributed by atoms with van der Waals surface area (Å²) < 4.78 is 17.4. The van der Waals surface area contributed by atoms with Gasteiger partial charge in [0, 0.05) is 0 Å². The monoisotopic (exact) mass is 330 g/mol. The molecule has 0 atom stereocenters. The Hall–Kier alpha value is -1.84. The Morgan fingerprint density at radius 3 is 1.83 bits per heavy atom. The van der Waals surface area contributed by atoms with Gasteiger partial charge in [-0.2, -0.15) is 0 Å². The lowest BCUT2D eigenvalue weighted by atomic mass is 10.2. The summed E-state index contributed by atoms with van der Waals surface area (Å²) in [5.74, 6) is 0.808. The molecule has 1 aromatic carbocycles. The average molecular weight is 330 g/mol. The van der Waals surface area contributed by atoms with Crippen LogP contribution >= 0.6 is 0 Å². The van der Waals surface area contributed by atoms with Gasteiger partial charge in [-0.05, 0) is 45.4 Å². The molecule has 0 unspecified atom stereocenters. The van der Waals surface area contributed by atoms with Gasteiger partial charge >= 0.3 is 0 Å². The molecule has 0 spiro atoms. The molecule has 3 nitrogen and oxygen atoms in total. The summed E-state index contributed by atoms with van der Waals surface area (Å²) in [5, 5.41) is 0. The molecule has 24 heavy (non-hydrogen) atoms. The lowest BCUT2D eigenvalue weighted by Gasteiger charge is -2.19. The van der Waals surface area contributed by atoms with Crippen molar-refractivity contribution in [3.63, 3.8) is 0 Å². The SMILES string of the molecule is C=Cc1ccc(OC(COCC=C(C)C)COCC=C(C)C)cc1. The quantitative estimate of drug-likeness (QED) is 0.420. The predicted octanol–water partition coefficient (Wildman–Crippen LogP) is 5.04. The number of benzene rings is 1. The summed E-state index contributed by atoms with van der Waals surface area (Å²) >= 11 is 0. The van der Waals surface area contributed by atoms with Gasteiger partial charge in [0.25, 0.3) is 0 Å². The Labute approximate surface area is 146 Å². The van der Waals surface area contributed by atoms with E-state index in [0.717, 1.165) is 11.3 Å². The van der Waals surface area contributed by atoms with Crippen molar-refractivity contribution in [2.45, 2.75) is 33.8 Å². The number of rotatable bonds is 11. The Bertz CT molecular complexity index is 509. The molecule has 3 heteroatoms. The molecule has 0 saturated carbocycles. The second kappa shape index (κ2) is 11.7. The minimum Gasteiger partial charge on any atom is -0.486 e. The van der Waals surface area contributed by atoms with Gasteiger partial charge in [-0.3, -0.25) is 0 Å². The summed E-state index contributed by atoms with van der Waals surface area (Å²) in [7, 11) is 0. The first kappa shape index (κ1) is 20.2. The van der Waals surface area contributed by atoms with E-state index in [2.05, 4.69) is 46.4 Å². The van der Waals surface area contributed by atoms with Crippen LogP contribution < -0.4 is 4.74 Å². The van der Waals surface area contributed by atoms with Crippen molar-refractivity contribution in [3.05, 3.63) is 59.7 Å². The van der Waals surface area contributed by atoms with Crippen LogP contribution in [0.2, 0.25) is 0 Å². The molecule has 0 aromatic heterocycles. The van der Waals surface area contributed by atoms with Gasteiger partial charge in [0.2, 0.25) is 0 Å². The van der Waals surface area contributed by atoms with Crippen LogP contribution in [0.1, 0.15) is 33.3 Å². The average Bonchev–Trinajstić information content (AvgIpc) is 2.55. The van der Waals surface area contributed by atoms with E-state index in [4.69, 9.17) is 14.2 Å². The summed E-state index contributed by atoms with van der Waals surface area (Å²) in [6.45, 7) is 14.1. The molecule has 0 aliphatic rings. The molecular formula is C21H30O3. The molecule has 0 aliphatic carbocycles. The van der Waals surface area contributed by atoms with E-state index >= 15 is 0 Å². The predicted molar refractivity (Wildman–Crippen MR) is 101 cm³/mol. The van der Waals surface area contributed by atoms with Gasteiger partial charge in [0.15, 0.2) is 0 Å². The van der Waals surface area contributed by atoms with Crippen LogP contribution in [0, 0.1) is 0 Å². The molecule has 0 fully saturated rings. The summed E-state index contributed by atoms with van der Waals surface area (Å²) in [6.07, 6.45) is 5.78. The molecule has 0 saturated heterocycles. The van der Waals surface area contributed by atoms with Crippen LogP contribution in [0.15, 0.2) is 54.1 Å². The molecule has 0 radical (unpaired) electrons. The van der Waals surface area contributed by atoms with Crippen LogP contribution in [0.25, 0.3) is 6.08 Å². The minimum atomic E-state index is -0.143. The number of ether oxygens (including phenoxy) is 3. The second-order valence-electron chi connectivity index (χ2n) is 6.15. The number of allylic oxidation sites excluding steroid dienone is 2. The van der Waals surface area contributed by atoms with E-state index in [1.807, 2.05) is 30.3 Å². The lowest BCUT2D eigenvalue weighted by molar-refractivity contribution is 0.00672. The van der Waals surface area contributed by atoms with Crippen molar-refractivity contribution >= 4 is 6.08 Å². The van der Waals surface area contributed by atoms with Gasteiger partial charge in [-0.1, -0.05) is 48.1 Å². The van der Waals surface area contributed by atoms with E-state index in [0.29, 0.717) is 26.4 Å². The molecule has 0 heterocycles. The normalized spacial score (nSPS) is 10.4. The van der Waals surface area contributed by atoms with Crippen molar-refractivity contribution < 1.29 is 14.2 Å². The summed E-state index contributed by atoms with van der Waals surface area (Å²) in [5.41, 5.74) is 3.55. The Kier molecular flexibility index (Phi) is 9.81. The molecule has 132 valence electrons. The van der Waals surface area contributed by atoms with Crippen LogP contribution in [0.3, 0.4) is 0 Å². The topological polar surface area (TPSA) is 27.7 Å². The zero-order valence-electron chi connectivity index (χ0n) is 15.4. The Balaban J connectivity index is 2.55. The molecule has 0 N–H and O–H groups in total. The largest absolute Gasteiger partial charge is 0.486 e. The first-order valence-electron chi connectivity index (χ1n) is 8.32. The first-order chi connectivity index (χ1) is 11.5. The first-order valence-corrected chi connectivity index (χ1v) is 8.32. The van der Waals surface area contributed by atoms with Crippen LogP contribution in [-0.2, 0) is 9.47 Å². The van der Waals surface area contributed by atoms with Crippen molar-refractivity contribution in [2.75, 3.05) is 26.4 Å². The molecule has 0 bridgehead atoms. The maximum Gasteiger partial charge on any atom is 0.145 e.